The van der Waals surface area contributed by atoms with E-state index in [1.165, 1.54) is 18.4 Å². The fraction of sp³-hybridized carbons (Fsp3) is 0.778. The third-order valence-electron chi connectivity index (χ3n) is 2.01. The van der Waals surface area contributed by atoms with Crippen LogP contribution in [0.3, 0.4) is 0 Å². The first-order chi connectivity index (χ1) is 5.36. The fourth-order valence-electron chi connectivity index (χ4n) is 1.25. The zero-order valence-electron chi connectivity index (χ0n) is 6.98. The maximum atomic E-state index is 5.72. The van der Waals surface area contributed by atoms with Crippen LogP contribution >= 0.6 is 11.6 Å². The van der Waals surface area contributed by atoms with Crippen molar-refractivity contribution in [3.05, 3.63) is 11.6 Å². The second-order valence-electron chi connectivity index (χ2n) is 2.86. The second-order valence-corrected chi connectivity index (χ2v) is 3.13. The Bertz CT molecular complexity index is 130. The molecule has 1 unspecified atom stereocenters. The third kappa shape index (κ3) is 2.84. The van der Waals surface area contributed by atoms with Crippen LogP contribution in [0.15, 0.2) is 11.6 Å². The summed E-state index contributed by atoms with van der Waals surface area (Å²) in [7, 11) is 0. The molecule has 1 saturated heterocycles. The largest absolute Gasteiger partial charge is 0.374 e. The molecule has 0 aromatic carbocycles. The number of allylic oxidation sites excluding steroid dienone is 1. The molecular weight excluding hydrogens is 160 g/mol. The molecule has 1 atom stereocenters. The molecule has 0 aliphatic carbocycles. The maximum Gasteiger partial charge on any atom is 0.0759 e. The molecule has 1 fully saturated rings. The van der Waals surface area contributed by atoms with Gasteiger partial charge in [-0.3, -0.25) is 0 Å². The van der Waals surface area contributed by atoms with Crippen LogP contribution in [0.5, 0.6) is 0 Å². The van der Waals surface area contributed by atoms with E-state index in [0.29, 0.717) is 12.0 Å². The lowest BCUT2D eigenvalue weighted by atomic mass is 10.1. The molecule has 1 nitrogen and oxygen atoms in total. The summed E-state index contributed by atoms with van der Waals surface area (Å²) in [5.41, 5.74) is 1.30. The van der Waals surface area contributed by atoms with Gasteiger partial charge in [0.25, 0.3) is 0 Å². The minimum Gasteiger partial charge on any atom is -0.374 e. The Morgan fingerprint density at radius 3 is 3.00 bits per heavy atom. The van der Waals surface area contributed by atoms with Crippen molar-refractivity contribution in [3.8, 4) is 0 Å². The van der Waals surface area contributed by atoms with Crippen molar-refractivity contribution in [1.82, 2.24) is 0 Å². The van der Waals surface area contributed by atoms with Crippen molar-refractivity contribution < 1.29 is 4.74 Å². The van der Waals surface area contributed by atoms with Crippen molar-refractivity contribution in [2.24, 2.45) is 0 Å². The second kappa shape index (κ2) is 4.78. The lowest BCUT2D eigenvalue weighted by Gasteiger charge is -2.05. The first-order valence-corrected chi connectivity index (χ1v) is 4.77. The molecule has 0 bridgehead atoms. The highest BCUT2D eigenvalue weighted by molar-refractivity contribution is 6.19. The summed E-state index contributed by atoms with van der Waals surface area (Å²) >= 11 is 5.72. The SMILES string of the molecule is CC/C(=C\C1CCCO1)CCl. The van der Waals surface area contributed by atoms with Gasteiger partial charge < -0.3 is 4.74 Å². The lowest BCUT2D eigenvalue weighted by Crippen LogP contribution is -2.01. The van der Waals surface area contributed by atoms with E-state index >= 15 is 0 Å². The molecule has 1 aliphatic rings. The summed E-state index contributed by atoms with van der Waals surface area (Å²) in [6.45, 7) is 3.05. The van der Waals surface area contributed by atoms with Crippen molar-refractivity contribution in [2.45, 2.75) is 32.3 Å². The molecule has 1 heterocycles. The molecule has 0 saturated carbocycles. The van der Waals surface area contributed by atoms with Gasteiger partial charge in [0.05, 0.1) is 6.10 Å². The Balaban J connectivity index is 2.40. The molecule has 0 aromatic heterocycles. The van der Waals surface area contributed by atoms with E-state index < -0.39 is 0 Å². The van der Waals surface area contributed by atoms with Crippen LogP contribution in [0, 0.1) is 0 Å². The van der Waals surface area contributed by atoms with Gasteiger partial charge in [-0.05, 0) is 19.3 Å². The third-order valence-corrected chi connectivity index (χ3v) is 2.36. The van der Waals surface area contributed by atoms with Crippen LogP contribution in [-0.2, 0) is 4.74 Å². The Hall–Kier alpha value is -0.0100. The van der Waals surface area contributed by atoms with E-state index in [1.54, 1.807) is 0 Å². The molecule has 11 heavy (non-hydrogen) atoms. The zero-order valence-corrected chi connectivity index (χ0v) is 7.73. The van der Waals surface area contributed by atoms with Gasteiger partial charge in [-0.25, -0.2) is 0 Å². The normalized spacial score (nSPS) is 26.0. The number of halogens is 1. The summed E-state index contributed by atoms with van der Waals surface area (Å²) in [6.07, 6.45) is 5.94. The van der Waals surface area contributed by atoms with Crippen LogP contribution < -0.4 is 0 Å². The highest BCUT2D eigenvalue weighted by Crippen LogP contribution is 2.16. The minimum absolute atomic E-state index is 0.351. The highest BCUT2D eigenvalue weighted by atomic mass is 35.5. The average Bonchev–Trinajstić information content (AvgIpc) is 2.52. The average molecular weight is 175 g/mol. The summed E-state index contributed by atoms with van der Waals surface area (Å²) in [5.74, 6) is 0.649. The van der Waals surface area contributed by atoms with Gasteiger partial charge in [0.15, 0.2) is 0 Å². The Labute approximate surface area is 73.4 Å². The zero-order chi connectivity index (χ0) is 8.10. The Morgan fingerprint density at radius 2 is 2.55 bits per heavy atom. The van der Waals surface area contributed by atoms with Gasteiger partial charge in [0, 0.05) is 12.5 Å². The standard InChI is InChI=1S/C9H15ClO/c1-2-8(7-10)6-9-4-3-5-11-9/h6,9H,2-5,7H2,1H3/b8-6+. The van der Waals surface area contributed by atoms with E-state index in [0.717, 1.165) is 13.0 Å². The van der Waals surface area contributed by atoms with Crippen molar-refractivity contribution in [1.29, 1.82) is 0 Å². The van der Waals surface area contributed by atoms with Crippen molar-refractivity contribution in [3.63, 3.8) is 0 Å². The molecule has 1 aliphatic heterocycles. The first-order valence-electron chi connectivity index (χ1n) is 4.24. The Kier molecular flexibility index (Phi) is 3.95. The predicted molar refractivity (Wildman–Crippen MR) is 48.1 cm³/mol. The molecule has 1 rings (SSSR count). The van der Waals surface area contributed by atoms with Crippen LogP contribution in [-0.4, -0.2) is 18.6 Å². The first kappa shape index (κ1) is 9.08. The molecule has 2 heteroatoms. The van der Waals surface area contributed by atoms with Crippen LogP contribution in [0.4, 0.5) is 0 Å². The van der Waals surface area contributed by atoms with E-state index in [-0.39, 0.29) is 0 Å². The van der Waals surface area contributed by atoms with Gasteiger partial charge in [-0.1, -0.05) is 18.6 Å². The van der Waals surface area contributed by atoms with Gasteiger partial charge in [0.2, 0.25) is 0 Å². The Morgan fingerprint density at radius 1 is 1.73 bits per heavy atom. The van der Waals surface area contributed by atoms with E-state index in [2.05, 4.69) is 13.0 Å². The van der Waals surface area contributed by atoms with E-state index in [4.69, 9.17) is 16.3 Å². The molecule has 64 valence electrons. The maximum absolute atomic E-state index is 5.72. The summed E-state index contributed by atoms with van der Waals surface area (Å²) in [5, 5.41) is 0. The van der Waals surface area contributed by atoms with Gasteiger partial charge in [0.1, 0.15) is 0 Å². The number of alkyl halides is 1. The van der Waals surface area contributed by atoms with Crippen LogP contribution in [0.25, 0.3) is 0 Å². The van der Waals surface area contributed by atoms with Gasteiger partial charge >= 0.3 is 0 Å². The quantitative estimate of drug-likeness (QED) is 0.472. The van der Waals surface area contributed by atoms with Crippen molar-refractivity contribution >= 4 is 11.6 Å². The molecule has 0 aromatic rings. The van der Waals surface area contributed by atoms with Gasteiger partial charge in [-0.15, -0.1) is 11.6 Å². The smallest absolute Gasteiger partial charge is 0.0759 e. The summed E-state index contributed by atoms with van der Waals surface area (Å²) in [6, 6.07) is 0. The number of rotatable bonds is 3. The van der Waals surface area contributed by atoms with E-state index in [9.17, 15) is 0 Å². The van der Waals surface area contributed by atoms with Crippen molar-refractivity contribution in [2.75, 3.05) is 12.5 Å². The lowest BCUT2D eigenvalue weighted by molar-refractivity contribution is 0.145. The number of ether oxygens (including phenoxy) is 1. The monoisotopic (exact) mass is 174 g/mol. The molecule has 0 radical (unpaired) electrons. The number of hydrogen-bond acceptors (Lipinski definition) is 1. The minimum atomic E-state index is 0.351. The molecule has 0 spiro atoms. The summed E-state index contributed by atoms with van der Waals surface area (Å²) in [4.78, 5) is 0. The topological polar surface area (TPSA) is 9.23 Å². The van der Waals surface area contributed by atoms with Crippen LogP contribution in [0.1, 0.15) is 26.2 Å². The number of hydrogen-bond donors (Lipinski definition) is 0. The fourth-order valence-corrected chi connectivity index (χ4v) is 1.53. The molecule has 0 N–H and O–H groups in total. The predicted octanol–water partition coefficient (Wildman–Crippen LogP) is 2.74. The highest BCUT2D eigenvalue weighted by Gasteiger charge is 2.12. The molecular formula is C9H15ClO. The van der Waals surface area contributed by atoms with E-state index in [1.807, 2.05) is 0 Å². The molecule has 0 amide bonds. The summed E-state index contributed by atoms with van der Waals surface area (Å²) < 4.78 is 5.45. The van der Waals surface area contributed by atoms with Crippen LogP contribution in [0.2, 0.25) is 0 Å². The van der Waals surface area contributed by atoms with Gasteiger partial charge in [-0.2, -0.15) is 0 Å².